The van der Waals surface area contributed by atoms with Crippen molar-refractivity contribution in [2.45, 2.75) is 24.1 Å². The van der Waals surface area contributed by atoms with E-state index < -0.39 is 0 Å². The minimum absolute atomic E-state index is 0.335. The van der Waals surface area contributed by atoms with E-state index in [1.165, 1.54) is 12.2 Å². The van der Waals surface area contributed by atoms with E-state index in [4.69, 9.17) is 0 Å². The lowest BCUT2D eigenvalue weighted by Gasteiger charge is -2.16. The van der Waals surface area contributed by atoms with Crippen molar-refractivity contribution in [2.75, 3.05) is 12.8 Å². The largest absolute Gasteiger partial charge is 0.342 e. The van der Waals surface area contributed by atoms with Gasteiger partial charge in [-0.1, -0.05) is 0 Å². The molecule has 0 aromatic carbocycles. The normalized spacial score (nSPS) is 38.9. The predicted molar refractivity (Wildman–Crippen MR) is 42.0 cm³/mol. The van der Waals surface area contributed by atoms with Crippen LogP contribution in [0.3, 0.4) is 0 Å². The van der Waals surface area contributed by atoms with Gasteiger partial charge in [-0.3, -0.25) is 4.79 Å². The van der Waals surface area contributed by atoms with E-state index in [1.807, 2.05) is 23.7 Å². The Hall–Kier alpha value is -0.180. The number of carbonyl (C=O) groups excluding carboxylic acids is 1. The molecule has 2 fully saturated rings. The Bertz CT molecular complexity index is 171. The molecule has 0 aromatic heterocycles. The molecule has 2 aliphatic rings. The van der Waals surface area contributed by atoms with Crippen molar-refractivity contribution < 1.29 is 4.79 Å². The van der Waals surface area contributed by atoms with Crippen molar-refractivity contribution in [3.05, 3.63) is 0 Å². The Morgan fingerprint density at radius 3 is 3.20 bits per heavy atom. The van der Waals surface area contributed by atoms with E-state index in [0.717, 1.165) is 6.42 Å². The summed E-state index contributed by atoms with van der Waals surface area (Å²) in [6.45, 7) is 0. The first-order chi connectivity index (χ1) is 4.79. The fourth-order valence-corrected chi connectivity index (χ4v) is 3.26. The summed E-state index contributed by atoms with van der Waals surface area (Å²) in [7, 11) is 1.93. The van der Waals surface area contributed by atoms with Gasteiger partial charge in [0.1, 0.15) is 0 Å². The zero-order valence-electron chi connectivity index (χ0n) is 6.04. The van der Waals surface area contributed by atoms with Gasteiger partial charge in [-0.2, -0.15) is 11.8 Å². The summed E-state index contributed by atoms with van der Waals surface area (Å²) in [5, 5.41) is 0.623. The lowest BCUT2D eigenvalue weighted by Crippen LogP contribution is -2.29. The van der Waals surface area contributed by atoms with Crippen LogP contribution in [0.2, 0.25) is 0 Å². The molecular weight excluding hydrogens is 146 g/mol. The van der Waals surface area contributed by atoms with Gasteiger partial charge in [0, 0.05) is 24.8 Å². The third-order valence-corrected chi connectivity index (χ3v) is 3.82. The number of fused-ring (bicyclic) bond motifs is 1. The van der Waals surface area contributed by atoms with Crippen molar-refractivity contribution in [3.63, 3.8) is 0 Å². The Labute approximate surface area is 65.0 Å². The minimum atomic E-state index is 0.335. The highest BCUT2D eigenvalue weighted by atomic mass is 32.2. The number of hydrogen-bond donors (Lipinski definition) is 0. The lowest BCUT2D eigenvalue weighted by atomic mass is 10.2. The van der Waals surface area contributed by atoms with Gasteiger partial charge in [0.2, 0.25) is 5.91 Å². The summed E-state index contributed by atoms with van der Waals surface area (Å²) in [6.07, 6.45) is 1.99. The van der Waals surface area contributed by atoms with Crippen LogP contribution in [0, 0.1) is 0 Å². The van der Waals surface area contributed by atoms with Crippen LogP contribution in [0.15, 0.2) is 0 Å². The zero-order valence-corrected chi connectivity index (χ0v) is 6.86. The standard InChI is InChI=1S/C7H11NOS/c1-8-5-2-3-10-6(5)4-7(8)9/h5-6H,2-4H2,1H3. The SMILES string of the molecule is CN1C(=O)CC2SCCC21. The Morgan fingerprint density at radius 2 is 2.50 bits per heavy atom. The van der Waals surface area contributed by atoms with E-state index in [-0.39, 0.29) is 0 Å². The maximum Gasteiger partial charge on any atom is 0.223 e. The summed E-state index contributed by atoms with van der Waals surface area (Å²) in [5.41, 5.74) is 0. The third-order valence-electron chi connectivity index (χ3n) is 2.44. The highest BCUT2D eigenvalue weighted by Gasteiger charge is 2.40. The number of nitrogens with zero attached hydrogens (tertiary/aromatic N) is 1. The highest BCUT2D eigenvalue weighted by Crippen LogP contribution is 2.37. The van der Waals surface area contributed by atoms with Gasteiger partial charge in [0.15, 0.2) is 0 Å². The van der Waals surface area contributed by atoms with Gasteiger partial charge in [0.05, 0.1) is 0 Å². The van der Waals surface area contributed by atoms with Crippen molar-refractivity contribution >= 4 is 17.7 Å². The van der Waals surface area contributed by atoms with Crippen molar-refractivity contribution in [2.24, 2.45) is 0 Å². The lowest BCUT2D eigenvalue weighted by molar-refractivity contribution is -0.127. The molecule has 2 nitrogen and oxygen atoms in total. The number of rotatable bonds is 0. The molecule has 0 spiro atoms. The van der Waals surface area contributed by atoms with Gasteiger partial charge in [-0.15, -0.1) is 0 Å². The summed E-state index contributed by atoms with van der Waals surface area (Å²) in [4.78, 5) is 13.0. The molecule has 10 heavy (non-hydrogen) atoms. The number of hydrogen-bond acceptors (Lipinski definition) is 2. The van der Waals surface area contributed by atoms with Gasteiger partial charge in [-0.05, 0) is 12.2 Å². The fraction of sp³-hybridized carbons (Fsp3) is 0.857. The van der Waals surface area contributed by atoms with Crippen LogP contribution in [0.5, 0.6) is 0 Å². The monoisotopic (exact) mass is 157 g/mol. The van der Waals surface area contributed by atoms with Crippen LogP contribution in [0.25, 0.3) is 0 Å². The van der Waals surface area contributed by atoms with Crippen LogP contribution < -0.4 is 0 Å². The van der Waals surface area contributed by atoms with E-state index >= 15 is 0 Å². The van der Waals surface area contributed by atoms with Gasteiger partial charge in [0.25, 0.3) is 0 Å². The molecule has 56 valence electrons. The molecule has 2 heterocycles. The second-order valence-electron chi connectivity index (χ2n) is 2.97. The second kappa shape index (κ2) is 2.16. The Balaban J connectivity index is 2.16. The molecule has 2 aliphatic heterocycles. The average Bonchev–Trinajstić information content (AvgIpc) is 2.41. The van der Waals surface area contributed by atoms with Crippen LogP contribution in [0.4, 0.5) is 0 Å². The van der Waals surface area contributed by atoms with Crippen molar-refractivity contribution in [3.8, 4) is 0 Å². The first kappa shape index (κ1) is 6.53. The van der Waals surface area contributed by atoms with Crippen molar-refractivity contribution in [1.82, 2.24) is 4.90 Å². The number of likely N-dealkylation sites (tertiary alicyclic amines) is 1. The van der Waals surface area contributed by atoms with Crippen molar-refractivity contribution in [1.29, 1.82) is 0 Å². The molecule has 2 rings (SSSR count). The molecule has 0 saturated carbocycles. The maximum absolute atomic E-state index is 11.1. The van der Waals surface area contributed by atoms with Crippen LogP contribution in [0.1, 0.15) is 12.8 Å². The number of amides is 1. The van der Waals surface area contributed by atoms with Crippen LogP contribution in [-0.4, -0.2) is 34.9 Å². The predicted octanol–water partition coefficient (Wildman–Crippen LogP) is 0.723. The summed E-state index contributed by atoms with van der Waals surface area (Å²) < 4.78 is 0. The molecule has 3 heteroatoms. The summed E-state index contributed by atoms with van der Waals surface area (Å²) in [6, 6.07) is 0.567. The zero-order chi connectivity index (χ0) is 7.14. The number of thioether (sulfide) groups is 1. The van der Waals surface area contributed by atoms with Crippen LogP contribution >= 0.6 is 11.8 Å². The molecular formula is C7H11NOS. The van der Waals surface area contributed by atoms with E-state index in [2.05, 4.69) is 0 Å². The van der Waals surface area contributed by atoms with Crippen LogP contribution in [-0.2, 0) is 4.79 Å². The average molecular weight is 157 g/mol. The molecule has 0 N–H and O–H groups in total. The van der Waals surface area contributed by atoms with Gasteiger partial charge in [-0.25, -0.2) is 0 Å². The van der Waals surface area contributed by atoms with E-state index in [9.17, 15) is 4.79 Å². The topological polar surface area (TPSA) is 20.3 Å². The molecule has 0 bridgehead atoms. The van der Waals surface area contributed by atoms with Gasteiger partial charge >= 0.3 is 0 Å². The fourth-order valence-electron chi connectivity index (χ4n) is 1.78. The summed E-state index contributed by atoms with van der Waals surface area (Å²) >= 11 is 1.96. The second-order valence-corrected chi connectivity index (χ2v) is 4.32. The van der Waals surface area contributed by atoms with Gasteiger partial charge < -0.3 is 4.90 Å². The first-order valence-corrected chi connectivity index (χ1v) is 4.71. The molecule has 1 amide bonds. The summed E-state index contributed by atoms with van der Waals surface area (Å²) in [5.74, 6) is 1.58. The molecule has 0 aliphatic carbocycles. The molecule has 0 aromatic rings. The first-order valence-electron chi connectivity index (χ1n) is 3.66. The molecule has 2 saturated heterocycles. The Morgan fingerprint density at radius 1 is 1.70 bits per heavy atom. The minimum Gasteiger partial charge on any atom is -0.342 e. The number of carbonyl (C=O) groups is 1. The van der Waals surface area contributed by atoms with E-state index in [1.54, 1.807) is 0 Å². The maximum atomic E-state index is 11.1. The smallest absolute Gasteiger partial charge is 0.223 e. The Kier molecular flexibility index (Phi) is 1.41. The molecule has 2 unspecified atom stereocenters. The molecule has 2 atom stereocenters. The highest BCUT2D eigenvalue weighted by molar-refractivity contribution is 8.00. The van der Waals surface area contributed by atoms with E-state index in [0.29, 0.717) is 17.2 Å². The molecule has 0 radical (unpaired) electrons. The quantitative estimate of drug-likeness (QED) is 0.516. The third kappa shape index (κ3) is 0.764.